The Morgan fingerprint density at radius 1 is 1.37 bits per heavy atom. The van der Waals surface area contributed by atoms with Gasteiger partial charge in [-0.1, -0.05) is 13.8 Å². The summed E-state index contributed by atoms with van der Waals surface area (Å²) in [5, 5.41) is 12.4. The van der Waals surface area contributed by atoms with Gasteiger partial charge >= 0.3 is 0 Å². The molecule has 0 aliphatic carbocycles. The SMILES string of the molecule is CCC(CC)N(CCO)CCCc1nc(CCl)cs1. The molecule has 5 heteroatoms. The Hall–Kier alpha value is -0.160. The molecule has 0 bridgehead atoms. The van der Waals surface area contributed by atoms with Crippen molar-refractivity contribution in [1.82, 2.24) is 9.88 Å². The van der Waals surface area contributed by atoms with Gasteiger partial charge in [-0.2, -0.15) is 0 Å². The molecule has 0 saturated heterocycles. The molecule has 3 nitrogen and oxygen atoms in total. The lowest BCUT2D eigenvalue weighted by Gasteiger charge is -2.29. The maximum atomic E-state index is 9.16. The molecular weight excluding hydrogens is 280 g/mol. The number of halogens is 1. The number of rotatable bonds is 10. The maximum Gasteiger partial charge on any atom is 0.0929 e. The third kappa shape index (κ3) is 5.78. The van der Waals surface area contributed by atoms with Crippen LogP contribution in [-0.4, -0.2) is 40.7 Å². The second kappa shape index (κ2) is 9.70. The highest BCUT2D eigenvalue weighted by molar-refractivity contribution is 7.09. The van der Waals surface area contributed by atoms with E-state index in [1.807, 2.05) is 5.38 Å². The number of hydrogen-bond donors (Lipinski definition) is 1. The highest BCUT2D eigenvalue weighted by Crippen LogP contribution is 2.15. The minimum absolute atomic E-state index is 0.240. The van der Waals surface area contributed by atoms with Crippen LogP contribution in [0, 0.1) is 0 Å². The summed E-state index contributed by atoms with van der Waals surface area (Å²) in [6.45, 7) is 6.47. The van der Waals surface area contributed by atoms with Gasteiger partial charge in [-0.25, -0.2) is 4.98 Å². The molecule has 19 heavy (non-hydrogen) atoms. The van der Waals surface area contributed by atoms with E-state index in [1.165, 1.54) is 5.01 Å². The first kappa shape index (κ1) is 16.9. The number of thiazole rings is 1. The summed E-state index contributed by atoms with van der Waals surface area (Å²) in [7, 11) is 0. The zero-order valence-corrected chi connectivity index (χ0v) is 13.5. The Morgan fingerprint density at radius 2 is 2.11 bits per heavy atom. The fraction of sp³-hybridized carbons (Fsp3) is 0.786. The first-order chi connectivity index (χ1) is 9.24. The van der Waals surface area contributed by atoms with Gasteiger partial charge in [0.15, 0.2) is 0 Å². The third-order valence-corrected chi connectivity index (χ3v) is 4.65. The molecule has 0 saturated carbocycles. The molecule has 110 valence electrons. The van der Waals surface area contributed by atoms with Crippen LogP contribution in [0.5, 0.6) is 0 Å². The van der Waals surface area contributed by atoms with Gasteiger partial charge < -0.3 is 5.11 Å². The molecule has 0 amide bonds. The average molecular weight is 305 g/mol. The lowest BCUT2D eigenvalue weighted by Crippen LogP contribution is -2.37. The normalized spacial score (nSPS) is 11.7. The molecule has 0 aliphatic rings. The van der Waals surface area contributed by atoms with Crippen LogP contribution in [-0.2, 0) is 12.3 Å². The predicted octanol–water partition coefficient (Wildman–Crippen LogP) is 3.30. The van der Waals surface area contributed by atoms with E-state index in [4.69, 9.17) is 16.7 Å². The number of aryl methyl sites for hydroxylation is 1. The van der Waals surface area contributed by atoms with Gasteiger partial charge in [-0.05, 0) is 25.8 Å². The Bertz CT molecular complexity index is 342. The van der Waals surface area contributed by atoms with Crippen LogP contribution in [0.25, 0.3) is 0 Å². The number of aliphatic hydroxyl groups excluding tert-OH is 1. The number of nitrogens with zero attached hydrogens (tertiary/aromatic N) is 2. The van der Waals surface area contributed by atoms with Crippen LogP contribution in [0.4, 0.5) is 0 Å². The quantitative estimate of drug-likeness (QED) is 0.674. The summed E-state index contributed by atoms with van der Waals surface area (Å²) in [4.78, 5) is 6.87. The summed E-state index contributed by atoms with van der Waals surface area (Å²) in [5.74, 6) is 0.501. The first-order valence-corrected chi connectivity index (χ1v) is 8.50. The highest BCUT2D eigenvalue weighted by atomic mass is 35.5. The second-order valence-corrected chi connectivity index (χ2v) is 5.91. The van der Waals surface area contributed by atoms with Crippen LogP contribution < -0.4 is 0 Å². The Kier molecular flexibility index (Phi) is 8.62. The van der Waals surface area contributed by atoms with Crippen molar-refractivity contribution in [2.45, 2.75) is 51.5 Å². The molecule has 0 aliphatic heterocycles. The van der Waals surface area contributed by atoms with E-state index in [1.54, 1.807) is 11.3 Å². The lowest BCUT2D eigenvalue weighted by molar-refractivity contribution is 0.142. The van der Waals surface area contributed by atoms with E-state index >= 15 is 0 Å². The van der Waals surface area contributed by atoms with E-state index in [0.717, 1.165) is 44.5 Å². The molecule has 0 spiro atoms. The summed E-state index contributed by atoms with van der Waals surface area (Å²) in [6, 6.07) is 0.585. The van der Waals surface area contributed by atoms with Crippen molar-refractivity contribution in [1.29, 1.82) is 0 Å². The van der Waals surface area contributed by atoms with E-state index in [0.29, 0.717) is 11.9 Å². The van der Waals surface area contributed by atoms with Crippen LogP contribution in [0.2, 0.25) is 0 Å². The van der Waals surface area contributed by atoms with E-state index in [9.17, 15) is 0 Å². The summed E-state index contributed by atoms with van der Waals surface area (Å²) >= 11 is 7.45. The molecule has 1 aromatic rings. The van der Waals surface area contributed by atoms with Crippen molar-refractivity contribution < 1.29 is 5.11 Å². The summed E-state index contributed by atoms with van der Waals surface area (Å²) in [6.07, 6.45) is 4.38. The fourth-order valence-corrected chi connectivity index (χ4v) is 3.44. The number of hydrogen-bond acceptors (Lipinski definition) is 4. The van der Waals surface area contributed by atoms with Crippen LogP contribution >= 0.6 is 22.9 Å². The maximum absolute atomic E-state index is 9.16. The highest BCUT2D eigenvalue weighted by Gasteiger charge is 2.14. The number of aromatic nitrogens is 1. The second-order valence-electron chi connectivity index (χ2n) is 4.70. The van der Waals surface area contributed by atoms with Crippen molar-refractivity contribution in [2.75, 3.05) is 19.7 Å². The van der Waals surface area contributed by atoms with Crippen molar-refractivity contribution in [3.05, 3.63) is 16.1 Å². The number of alkyl halides is 1. The average Bonchev–Trinajstić information content (AvgIpc) is 2.88. The molecule has 1 N–H and O–H groups in total. The zero-order chi connectivity index (χ0) is 14.1. The van der Waals surface area contributed by atoms with E-state index in [2.05, 4.69) is 23.7 Å². The minimum atomic E-state index is 0.240. The van der Waals surface area contributed by atoms with Crippen molar-refractivity contribution in [3.8, 4) is 0 Å². The topological polar surface area (TPSA) is 36.4 Å². The minimum Gasteiger partial charge on any atom is -0.395 e. The van der Waals surface area contributed by atoms with Gasteiger partial charge in [0.2, 0.25) is 0 Å². The van der Waals surface area contributed by atoms with Gasteiger partial charge in [0.05, 0.1) is 23.2 Å². The fourth-order valence-electron chi connectivity index (χ4n) is 2.37. The molecular formula is C14H25ClN2OS. The Labute approximate surface area is 125 Å². The van der Waals surface area contributed by atoms with Crippen molar-refractivity contribution >= 4 is 22.9 Å². The standard InChI is InChI=1S/C14H25ClN2OS/c1-3-13(4-2)17(8-9-18)7-5-6-14-16-12(10-15)11-19-14/h11,13,18H,3-10H2,1-2H3. The van der Waals surface area contributed by atoms with E-state index < -0.39 is 0 Å². The largest absolute Gasteiger partial charge is 0.395 e. The Morgan fingerprint density at radius 3 is 2.63 bits per heavy atom. The van der Waals surface area contributed by atoms with Crippen molar-refractivity contribution in [2.24, 2.45) is 0 Å². The molecule has 0 radical (unpaired) electrons. The molecule has 0 aromatic carbocycles. The summed E-state index contributed by atoms with van der Waals surface area (Å²) in [5.41, 5.74) is 0.980. The molecule has 0 atom stereocenters. The van der Waals surface area contributed by atoms with Gasteiger partial charge in [0.1, 0.15) is 0 Å². The van der Waals surface area contributed by atoms with Crippen LogP contribution in [0.1, 0.15) is 43.8 Å². The van der Waals surface area contributed by atoms with Gasteiger partial charge in [-0.15, -0.1) is 22.9 Å². The first-order valence-electron chi connectivity index (χ1n) is 7.09. The molecule has 1 rings (SSSR count). The summed E-state index contributed by atoms with van der Waals surface area (Å²) < 4.78 is 0. The number of aliphatic hydroxyl groups is 1. The Balaban J connectivity index is 2.38. The predicted molar refractivity (Wildman–Crippen MR) is 83.0 cm³/mol. The smallest absolute Gasteiger partial charge is 0.0929 e. The molecule has 1 heterocycles. The monoisotopic (exact) mass is 304 g/mol. The zero-order valence-electron chi connectivity index (χ0n) is 11.9. The van der Waals surface area contributed by atoms with Gasteiger partial charge in [-0.3, -0.25) is 4.90 Å². The molecule has 0 fully saturated rings. The van der Waals surface area contributed by atoms with E-state index in [-0.39, 0.29) is 6.61 Å². The van der Waals surface area contributed by atoms with Gasteiger partial charge in [0.25, 0.3) is 0 Å². The molecule has 1 aromatic heterocycles. The van der Waals surface area contributed by atoms with Gasteiger partial charge in [0, 0.05) is 24.4 Å². The van der Waals surface area contributed by atoms with Crippen molar-refractivity contribution in [3.63, 3.8) is 0 Å². The lowest BCUT2D eigenvalue weighted by atomic mass is 10.1. The third-order valence-electron chi connectivity index (χ3n) is 3.42. The molecule has 0 unspecified atom stereocenters. The van der Waals surface area contributed by atoms with Crippen LogP contribution in [0.3, 0.4) is 0 Å². The van der Waals surface area contributed by atoms with Crippen LogP contribution in [0.15, 0.2) is 5.38 Å².